The molecule has 194 valence electrons. The Labute approximate surface area is 208 Å². The van der Waals surface area contributed by atoms with E-state index in [1.165, 1.54) is 32.8 Å². The first kappa shape index (κ1) is 26.2. The van der Waals surface area contributed by atoms with Crippen LogP contribution in [0.3, 0.4) is 0 Å². The SMILES string of the molecule is COC(=O)CC[C@@H](C)[C@H]1CCC2[C@@H]3C(=O)C(C(C)O)[C@]4(C(C)C)CCCC[C@]4(C)C3CC[C@@]21C. The Kier molecular flexibility index (Phi) is 7.08. The van der Waals surface area contributed by atoms with Gasteiger partial charge in [-0.05, 0) is 97.7 Å². The molecule has 4 nitrogen and oxygen atoms in total. The summed E-state index contributed by atoms with van der Waals surface area (Å²) in [7, 11) is 1.47. The summed E-state index contributed by atoms with van der Waals surface area (Å²) in [6, 6.07) is 0. The maximum atomic E-state index is 14.5. The smallest absolute Gasteiger partial charge is 0.305 e. The summed E-state index contributed by atoms with van der Waals surface area (Å²) in [6.07, 6.45) is 10.1. The van der Waals surface area contributed by atoms with Gasteiger partial charge in [0.15, 0.2) is 0 Å². The molecule has 10 atom stereocenters. The van der Waals surface area contributed by atoms with E-state index in [4.69, 9.17) is 4.74 Å². The molecule has 4 saturated carbocycles. The molecule has 0 radical (unpaired) electrons. The molecule has 4 unspecified atom stereocenters. The quantitative estimate of drug-likeness (QED) is 0.450. The molecule has 0 spiro atoms. The van der Waals surface area contributed by atoms with Crippen LogP contribution in [0.5, 0.6) is 0 Å². The zero-order chi connectivity index (χ0) is 25.1. The standard InChI is InChI=1S/C30H50O4/c1-18(2)30-16-9-8-15-29(30,6)23-14-17-28(5)21(19(3)10-13-24(32)34-7)11-12-22(28)25(23)27(33)26(30)20(4)31/h18-23,25-26,31H,8-17H2,1-7H3/t19-,20?,21-,22?,23?,25+,26?,28-,29-,30-/m1/s1. The predicted molar refractivity (Wildman–Crippen MR) is 135 cm³/mol. The van der Waals surface area contributed by atoms with Gasteiger partial charge in [-0.2, -0.15) is 0 Å². The predicted octanol–water partition coefficient (Wildman–Crippen LogP) is 6.44. The average Bonchev–Trinajstić information content (AvgIpc) is 3.14. The summed E-state index contributed by atoms with van der Waals surface area (Å²) in [5.41, 5.74) is 0.186. The lowest BCUT2D eigenvalue weighted by Gasteiger charge is -2.69. The summed E-state index contributed by atoms with van der Waals surface area (Å²) in [4.78, 5) is 26.3. The third kappa shape index (κ3) is 3.55. The molecule has 0 aromatic carbocycles. The zero-order valence-electron chi connectivity index (χ0n) is 22.9. The molecule has 4 aliphatic carbocycles. The number of ether oxygens (including phenoxy) is 1. The Balaban J connectivity index is 1.69. The van der Waals surface area contributed by atoms with Crippen molar-refractivity contribution in [1.82, 2.24) is 0 Å². The van der Waals surface area contributed by atoms with Crippen LogP contribution in [0.4, 0.5) is 0 Å². The van der Waals surface area contributed by atoms with Crippen molar-refractivity contribution in [2.75, 3.05) is 7.11 Å². The summed E-state index contributed by atoms with van der Waals surface area (Å²) in [5, 5.41) is 11.1. The van der Waals surface area contributed by atoms with Gasteiger partial charge in [-0.3, -0.25) is 9.59 Å². The van der Waals surface area contributed by atoms with Crippen LogP contribution in [0.15, 0.2) is 0 Å². The van der Waals surface area contributed by atoms with Crippen LogP contribution < -0.4 is 0 Å². The molecule has 0 bridgehead atoms. The summed E-state index contributed by atoms with van der Waals surface area (Å²) >= 11 is 0. The molecule has 34 heavy (non-hydrogen) atoms. The van der Waals surface area contributed by atoms with Crippen molar-refractivity contribution >= 4 is 11.8 Å². The van der Waals surface area contributed by atoms with E-state index in [0.717, 1.165) is 32.1 Å². The number of rotatable bonds is 6. The van der Waals surface area contributed by atoms with Gasteiger partial charge in [0.1, 0.15) is 5.78 Å². The summed E-state index contributed by atoms with van der Waals surface area (Å²) < 4.78 is 4.90. The van der Waals surface area contributed by atoms with Gasteiger partial charge in [0.2, 0.25) is 0 Å². The highest BCUT2D eigenvalue weighted by Gasteiger charge is 2.71. The van der Waals surface area contributed by atoms with Crippen LogP contribution in [-0.2, 0) is 14.3 Å². The van der Waals surface area contributed by atoms with Crippen LogP contribution in [0.2, 0.25) is 0 Å². The molecule has 0 heterocycles. The second kappa shape index (κ2) is 9.20. The Morgan fingerprint density at radius 2 is 1.71 bits per heavy atom. The first-order valence-electron chi connectivity index (χ1n) is 14.2. The van der Waals surface area contributed by atoms with E-state index in [-0.39, 0.29) is 34.1 Å². The van der Waals surface area contributed by atoms with Gasteiger partial charge in [0.25, 0.3) is 0 Å². The van der Waals surface area contributed by atoms with Gasteiger partial charge >= 0.3 is 5.97 Å². The lowest BCUT2D eigenvalue weighted by Crippen LogP contribution is -2.68. The highest BCUT2D eigenvalue weighted by atomic mass is 16.5. The topological polar surface area (TPSA) is 63.6 Å². The number of hydrogen-bond donors (Lipinski definition) is 1. The molecule has 4 fully saturated rings. The first-order valence-corrected chi connectivity index (χ1v) is 14.2. The molecule has 0 aromatic heterocycles. The van der Waals surface area contributed by atoms with Crippen LogP contribution >= 0.6 is 0 Å². The molecule has 1 N–H and O–H groups in total. The van der Waals surface area contributed by atoms with E-state index in [2.05, 4.69) is 34.6 Å². The van der Waals surface area contributed by atoms with Gasteiger partial charge in [0.05, 0.1) is 19.1 Å². The van der Waals surface area contributed by atoms with E-state index >= 15 is 0 Å². The highest BCUT2D eigenvalue weighted by molar-refractivity contribution is 5.87. The largest absolute Gasteiger partial charge is 0.469 e. The normalized spacial score (nSPS) is 45.8. The fourth-order valence-electron chi connectivity index (χ4n) is 10.8. The van der Waals surface area contributed by atoms with Crippen molar-refractivity contribution in [3.05, 3.63) is 0 Å². The highest BCUT2D eigenvalue weighted by Crippen LogP contribution is 2.73. The number of carbonyl (C=O) groups excluding carboxylic acids is 2. The minimum absolute atomic E-state index is 0.0861. The third-order valence-corrected chi connectivity index (χ3v) is 12.2. The lowest BCUT2D eigenvalue weighted by molar-refractivity contribution is -0.218. The van der Waals surface area contributed by atoms with Gasteiger partial charge in [-0.25, -0.2) is 0 Å². The van der Waals surface area contributed by atoms with E-state index in [1.54, 1.807) is 0 Å². The molecule has 0 aliphatic heterocycles. The van der Waals surface area contributed by atoms with E-state index in [1.807, 2.05) is 6.92 Å². The van der Waals surface area contributed by atoms with Crippen LogP contribution in [-0.4, -0.2) is 30.1 Å². The van der Waals surface area contributed by atoms with Gasteiger partial charge < -0.3 is 9.84 Å². The number of ketones is 1. The molecule has 0 amide bonds. The minimum Gasteiger partial charge on any atom is -0.469 e. The Morgan fingerprint density at radius 1 is 1.03 bits per heavy atom. The van der Waals surface area contributed by atoms with Crippen molar-refractivity contribution in [2.24, 2.45) is 57.7 Å². The van der Waals surface area contributed by atoms with Crippen molar-refractivity contribution in [3.63, 3.8) is 0 Å². The van der Waals surface area contributed by atoms with Crippen LogP contribution in [0.25, 0.3) is 0 Å². The van der Waals surface area contributed by atoms with Gasteiger partial charge in [-0.15, -0.1) is 0 Å². The van der Waals surface area contributed by atoms with Crippen molar-refractivity contribution in [3.8, 4) is 0 Å². The average molecular weight is 475 g/mol. The fraction of sp³-hybridized carbons (Fsp3) is 0.933. The lowest BCUT2D eigenvalue weighted by atomic mass is 9.34. The monoisotopic (exact) mass is 474 g/mol. The maximum absolute atomic E-state index is 14.5. The zero-order valence-corrected chi connectivity index (χ0v) is 22.9. The first-order chi connectivity index (χ1) is 16.0. The van der Waals surface area contributed by atoms with Crippen LogP contribution in [0.1, 0.15) is 106 Å². The van der Waals surface area contributed by atoms with E-state index in [0.29, 0.717) is 41.8 Å². The number of aliphatic hydroxyl groups is 1. The van der Waals surface area contributed by atoms with E-state index < -0.39 is 6.10 Å². The van der Waals surface area contributed by atoms with Crippen LogP contribution in [0, 0.1) is 57.7 Å². The molecule has 0 aromatic rings. The number of hydrogen-bond acceptors (Lipinski definition) is 4. The minimum atomic E-state index is -0.586. The van der Waals surface area contributed by atoms with Gasteiger partial charge in [0, 0.05) is 12.3 Å². The Hall–Kier alpha value is -0.900. The van der Waals surface area contributed by atoms with Gasteiger partial charge in [-0.1, -0.05) is 47.5 Å². The van der Waals surface area contributed by atoms with E-state index in [9.17, 15) is 14.7 Å². The number of carbonyl (C=O) groups is 2. The van der Waals surface area contributed by atoms with Crippen molar-refractivity contribution in [2.45, 2.75) is 112 Å². The number of methoxy groups -OCH3 is 1. The number of esters is 1. The Bertz CT molecular complexity index is 789. The number of Topliss-reactive ketones (excluding diaryl/α,β-unsaturated/α-hetero) is 1. The molecule has 4 aliphatic rings. The van der Waals surface area contributed by atoms with Crippen molar-refractivity contribution in [1.29, 1.82) is 0 Å². The molecular formula is C30H50O4. The fourth-order valence-corrected chi connectivity index (χ4v) is 10.8. The number of aliphatic hydroxyl groups excluding tert-OH is 1. The summed E-state index contributed by atoms with van der Waals surface area (Å²) in [6.45, 7) is 13.8. The second-order valence-corrected chi connectivity index (χ2v) is 13.5. The van der Waals surface area contributed by atoms with Crippen molar-refractivity contribution < 1.29 is 19.4 Å². The third-order valence-electron chi connectivity index (χ3n) is 12.2. The molecule has 4 rings (SSSR count). The second-order valence-electron chi connectivity index (χ2n) is 13.5. The molecule has 4 heteroatoms. The molecular weight excluding hydrogens is 424 g/mol. The maximum Gasteiger partial charge on any atom is 0.305 e. The Morgan fingerprint density at radius 3 is 2.32 bits per heavy atom. The summed E-state index contributed by atoms with van der Waals surface area (Å²) in [5.74, 6) is 2.39. The molecule has 0 saturated heterocycles. The number of fused-ring (bicyclic) bond motifs is 5.